The van der Waals surface area contributed by atoms with Crippen LogP contribution in [0.25, 0.3) is 0 Å². The van der Waals surface area contributed by atoms with Crippen molar-refractivity contribution in [3.63, 3.8) is 0 Å². The van der Waals surface area contributed by atoms with E-state index < -0.39 is 5.79 Å². The van der Waals surface area contributed by atoms with Crippen molar-refractivity contribution in [3.05, 3.63) is 0 Å². The molecule has 0 bridgehead atoms. The molecule has 0 unspecified atom stereocenters. The zero-order valence-electron chi connectivity index (χ0n) is 12.1. The van der Waals surface area contributed by atoms with E-state index in [2.05, 4.69) is 0 Å². The largest absolute Gasteiger partial charge is 0.463 e. The number of rotatable bonds is 4. The van der Waals surface area contributed by atoms with Crippen molar-refractivity contribution in [2.45, 2.75) is 63.9 Å². The Morgan fingerprint density at radius 1 is 0.950 bits per heavy atom. The molecule has 6 nitrogen and oxygen atoms in total. The molecule has 20 heavy (non-hydrogen) atoms. The number of carbonyl (C=O) groups excluding carboxylic acids is 2. The van der Waals surface area contributed by atoms with E-state index in [9.17, 15) is 9.59 Å². The van der Waals surface area contributed by atoms with Crippen molar-refractivity contribution in [2.75, 3.05) is 13.2 Å². The summed E-state index contributed by atoms with van der Waals surface area (Å²) in [6.07, 6.45) is 4.20. The van der Waals surface area contributed by atoms with Crippen LogP contribution in [0.5, 0.6) is 0 Å². The van der Waals surface area contributed by atoms with Crippen molar-refractivity contribution in [2.24, 2.45) is 0 Å². The second-order valence-corrected chi connectivity index (χ2v) is 5.39. The Labute approximate surface area is 118 Å². The van der Waals surface area contributed by atoms with Gasteiger partial charge in [-0.25, -0.2) is 0 Å². The third-order valence-corrected chi connectivity index (χ3v) is 3.66. The molecular weight excluding hydrogens is 264 g/mol. The van der Waals surface area contributed by atoms with Gasteiger partial charge in [-0.1, -0.05) is 6.42 Å². The zero-order chi connectivity index (χ0) is 14.6. The van der Waals surface area contributed by atoms with Crippen LogP contribution in [0.2, 0.25) is 0 Å². The van der Waals surface area contributed by atoms with Crippen LogP contribution in [0.1, 0.15) is 46.0 Å². The van der Waals surface area contributed by atoms with Gasteiger partial charge in [0.25, 0.3) is 0 Å². The highest BCUT2D eigenvalue weighted by molar-refractivity contribution is 5.66. The molecule has 2 atom stereocenters. The normalized spacial score (nSPS) is 28.3. The van der Waals surface area contributed by atoms with Gasteiger partial charge in [0.15, 0.2) is 5.79 Å². The summed E-state index contributed by atoms with van der Waals surface area (Å²) in [4.78, 5) is 21.9. The monoisotopic (exact) mass is 286 g/mol. The summed E-state index contributed by atoms with van der Waals surface area (Å²) in [5.74, 6) is -1.30. The molecule has 0 aromatic carbocycles. The van der Waals surface area contributed by atoms with Gasteiger partial charge >= 0.3 is 11.9 Å². The average Bonchev–Trinajstić information content (AvgIpc) is 2.72. The molecule has 2 fully saturated rings. The second-order valence-electron chi connectivity index (χ2n) is 5.39. The molecule has 2 aliphatic rings. The zero-order valence-corrected chi connectivity index (χ0v) is 12.1. The molecule has 114 valence electrons. The summed E-state index contributed by atoms with van der Waals surface area (Å²) in [6.45, 7) is 2.96. The first-order chi connectivity index (χ1) is 9.51. The van der Waals surface area contributed by atoms with Gasteiger partial charge in [0.1, 0.15) is 25.4 Å². The highest BCUT2D eigenvalue weighted by Crippen LogP contribution is 2.40. The summed E-state index contributed by atoms with van der Waals surface area (Å²) in [5, 5.41) is 0. The maximum absolute atomic E-state index is 10.9. The molecule has 6 heteroatoms. The fraction of sp³-hybridized carbons (Fsp3) is 0.857. The minimum absolute atomic E-state index is 0.128. The number of hydrogen-bond acceptors (Lipinski definition) is 6. The van der Waals surface area contributed by atoms with Gasteiger partial charge < -0.3 is 18.9 Å². The van der Waals surface area contributed by atoms with Crippen LogP contribution in [-0.4, -0.2) is 43.1 Å². The second kappa shape index (κ2) is 6.54. The lowest BCUT2D eigenvalue weighted by Crippen LogP contribution is -2.34. The van der Waals surface area contributed by atoms with E-state index in [1.807, 2.05) is 0 Å². The minimum atomic E-state index is -0.589. The molecule has 1 spiro atoms. The molecular formula is C14H22O6. The van der Waals surface area contributed by atoms with E-state index >= 15 is 0 Å². The first-order valence-electron chi connectivity index (χ1n) is 7.13. The first kappa shape index (κ1) is 15.3. The lowest BCUT2D eigenvalue weighted by molar-refractivity contribution is -0.200. The van der Waals surface area contributed by atoms with Gasteiger partial charge in [0.2, 0.25) is 0 Å². The van der Waals surface area contributed by atoms with Gasteiger partial charge in [-0.15, -0.1) is 0 Å². The fourth-order valence-electron chi connectivity index (χ4n) is 2.74. The molecule has 0 radical (unpaired) electrons. The van der Waals surface area contributed by atoms with Crippen LogP contribution < -0.4 is 0 Å². The smallest absolute Gasteiger partial charge is 0.302 e. The summed E-state index contributed by atoms with van der Waals surface area (Å²) in [6, 6.07) is 0. The lowest BCUT2D eigenvalue weighted by Gasteiger charge is -2.31. The van der Waals surface area contributed by atoms with Gasteiger partial charge in [0, 0.05) is 26.7 Å². The third-order valence-electron chi connectivity index (χ3n) is 3.66. The topological polar surface area (TPSA) is 71.1 Å². The van der Waals surface area contributed by atoms with E-state index in [4.69, 9.17) is 18.9 Å². The molecule has 0 aromatic heterocycles. The molecule has 1 aliphatic heterocycles. The van der Waals surface area contributed by atoms with E-state index in [0.29, 0.717) is 0 Å². The quantitative estimate of drug-likeness (QED) is 0.730. The van der Waals surface area contributed by atoms with E-state index in [1.165, 1.54) is 20.3 Å². The molecule has 0 aromatic rings. The molecule has 0 N–H and O–H groups in total. The van der Waals surface area contributed by atoms with Crippen molar-refractivity contribution in [1.82, 2.24) is 0 Å². The number of esters is 2. The van der Waals surface area contributed by atoms with Crippen molar-refractivity contribution >= 4 is 11.9 Å². The number of ether oxygens (including phenoxy) is 4. The summed E-state index contributed by atoms with van der Waals surface area (Å²) >= 11 is 0. The maximum Gasteiger partial charge on any atom is 0.302 e. The molecule has 1 aliphatic carbocycles. The predicted molar refractivity (Wildman–Crippen MR) is 68.8 cm³/mol. The van der Waals surface area contributed by atoms with E-state index in [1.54, 1.807) is 0 Å². The fourth-order valence-corrected chi connectivity index (χ4v) is 2.74. The molecule has 1 heterocycles. The van der Waals surface area contributed by atoms with Crippen LogP contribution in [0.15, 0.2) is 0 Å². The van der Waals surface area contributed by atoms with Gasteiger partial charge in [0.05, 0.1) is 0 Å². The molecule has 1 saturated heterocycles. The standard InChI is InChI=1S/C14H22O6/c1-10(15)17-8-12-13(9-18-11(2)16)20-14(19-12)6-4-3-5-7-14/h12-13H,3-9H2,1-2H3/t12-,13+. The van der Waals surface area contributed by atoms with Crippen LogP contribution in [0.3, 0.4) is 0 Å². The van der Waals surface area contributed by atoms with Crippen LogP contribution in [0.4, 0.5) is 0 Å². The Bertz CT molecular complexity index is 333. The average molecular weight is 286 g/mol. The van der Waals surface area contributed by atoms with Gasteiger partial charge in [-0.3, -0.25) is 9.59 Å². The maximum atomic E-state index is 10.9. The van der Waals surface area contributed by atoms with E-state index in [-0.39, 0.29) is 37.4 Å². The van der Waals surface area contributed by atoms with Crippen LogP contribution >= 0.6 is 0 Å². The van der Waals surface area contributed by atoms with Gasteiger partial charge in [-0.2, -0.15) is 0 Å². The Hall–Kier alpha value is -1.14. The van der Waals surface area contributed by atoms with Gasteiger partial charge in [-0.05, 0) is 12.8 Å². The summed E-state index contributed by atoms with van der Waals surface area (Å²) in [7, 11) is 0. The minimum Gasteiger partial charge on any atom is -0.463 e. The highest BCUT2D eigenvalue weighted by atomic mass is 16.8. The SMILES string of the molecule is CC(=O)OC[C@@H]1OC2(CCCCC2)O[C@@H]1COC(C)=O. The van der Waals surface area contributed by atoms with Crippen molar-refractivity contribution < 1.29 is 28.5 Å². The summed E-state index contributed by atoms with van der Waals surface area (Å²) < 4.78 is 22.0. The van der Waals surface area contributed by atoms with Crippen molar-refractivity contribution in [3.8, 4) is 0 Å². The van der Waals surface area contributed by atoms with Crippen LogP contribution in [-0.2, 0) is 28.5 Å². The number of carbonyl (C=O) groups is 2. The molecule has 1 saturated carbocycles. The highest BCUT2D eigenvalue weighted by Gasteiger charge is 2.48. The van der Waals surface area contributed by atoms with Crippen molar-refractivity contribution in [1.29, 1.82) is 0 Å². The molecule has 2 rings (SSSR count). The Balaban J connectivity index is 1.97. The first-order valence-corrected chi connectivity index (χ1v) is 7.13. The lowest BCUT2D eigenvalue weighted by atomic mass is 9.94. The Kier molecular flexibility index (Phi) is 4.99. The number of hydrogen-bond donors (Lipinski definition) is 0. The van der Waals surface area contributed by atoms with Crippen LogP contribution in [0, 0.1) is 0 Å². The third kappa shape index (κ3) is 3.93. The molecule has 0 amide bonds. The van der Waals surface area contributed by atoms with E-state index in [0.717, 1.165) is 25.7 Å². The Morgan fingerprint density at radius 2 is 1.40 bits per heavy atom. The predicted octanol–water partition coefficient (Wildman–Crippen LogP) is 1.56. The summed E-state index contributed by atoms with van der Waals surface area (Å²) in [5.41, 5.74) is 0. The Morgan fingerprint density at radius 3 is 1.80 bits per heavy atom.